The van der Waals surface area contributed by atoms with Crippen LogP contribution in [-0.4, -0.2) is 8.84 Å². The summed E-state index contributed by atoms with van der Waals surface area (Å²) < 4.78 is 0.376. The molecule has 0 bridgehead atoms. The molecule has 1 aromatic carbocycles. The SMILES string of the molecule is Cc1cccc(O)c1CCCC(Br)Br. The minimum absolute atomic E-state index is 0.376. The smallest absolute Gasteiger partial charge is 0.119 e. The van der Waals surface area contributed by atoms with Crippen molar-refractivity contribution in [2.75, 3.05) is 0 Å². The molecule has 14 heavy (non-hydrogen) atoms. The second-order valence-corrected chi connectivity index (χ2v) is 6.80. The van der Waals surface area contributed by atoms with Crippen LogP contribution in [-0.2, 0) is 6.42 Å². The van der Waals surface area contributed by atoms with E-state index in [1.807, 2.05) is 19.1 Å². The Kier molecular flexibility index (Phi) is 4.96. The molecule has 3 heteroatoms. The molecule has 1 N–H and O–H groups in total. The van der Waals surface area contributed by atoms with E-state index < -0.39 is 0 Å². The van der Waals surface area contributed by atoms with E-state index in [4.69, 9.17) is 0 Å². The third kappa shape index (κ3) is 3.62. The Balaban J connectivity index is 2.58. The third-order valence-electron chi connectivity index (χ3n) is 2.23. The van der Waals surface area contributed by atoms with Crippen LogP contribution in [0.5, 0.6) is 5.75 Å². The van der Waals surface area contributed by atoms with Crippen molar-refractivity contribution >= 4 is 31.9 Å². The third-order valence-corrected chi connectivity index (χ3v) is 3.15. The molecule has 0 fully saturated rings. The van der Waals surface area contributed by atoms with Crippen LogP contribution >= 0.6 is 31.9 Å². The summed E-state index contributed by atoms with van der Waals surface area (Å²) in [7, 11) is 0. The number of aromatic hydroxyl groups is 1. The summed E-state index contributed by atoms with van der Waals surface area (Å²) in [5, 5.41) is 9.63. The molecule has 1 aromatic rings. The molecule has 1 rings (SSSR count). The molecule has 0 aliphatic rings. The molecule has 0 saturated heterocycles. The highest BCUT2D eigenvalue weighted by Gasteiger charge is 2.05. The zero-order chi connectivity index (χ0) is 10.6. The van der Waals surface area contributed by atoms with E-state index in [9.17, 15) is 5.11 Å². The summed E-state index contributed by atoms with van der Waals surface area (Å²) in [6, 6.07) is 5.67. The highest BCUT2D eigenvalue weighted by atomic mass is 79.9. The van der Waals surface area contributed by atoms with Gasteiger partial charge in [0.1, 0.15) is 5.75 Å². The second kappa shape index (κ2) is 5.76. The Labute approximate surface area is 102 Å². The van der Waals surface area contributed by atoms with Crippen molar-refractivity contribution in [1.29, 1.82) is 0 Å². The van der Waals surface area contributed by atoms with Crippen molar-refractivity contribution in [3.8, 4) is 5.75 Å². The first-order valence-corrected chi connectivity index (χ1v) is 6.50. The maximum Gasteiger partial charge on any atom is 0.119 e. The van der Waals surface area contributed by atoms with E-state index >= 15 is 0 Å². The van der Waals surface area contributed by atoms with Gasteiger partial charge in [0.2, 0.25) is 0 Å². The van der Waals surface area contributed by atoms with Gasteiger partial charge < -0.3 is 5.11 Å². The number of phenolic OH excluding ortho intramolecular Hbond substituents is 1. The summed E-state index contributed by atoms with van der Waals surface area (Å²) in [5.74, 6) is 0.422. The number of benzene rings is 1. The van der Waals surface area contributed by atoms with E-state index in [2.05, 4.69) is 31.9 Å². The Morgan fingerprint density at radius 3 is 2.64 bits per heavy atom. The standard InChI is InChI=1S/C11H14Br2O/c1-8-4-2-6-10(14)9(8)5-3-7-11(12)13/h2,4,6,11,14H,3,5,7H2,1H3. The number of rotatable bonds is 4. The quantitative estimate of drug-likeness (QED) is 0.826. The van der Waals surface area contributed by atoms with Crippen LogP contribution in [0.3, 0.4) is 0 Å². The zero-order valence-electron chi connectivity index (χ0n) is 8.13. The average Bonchev–Trinajstić information content (AvgIpc) is 2.09. The predicted molar refractivity (Wildman–Crippen MR) is 67.4 cm³/mol. The largest absolute Gasteiger partial charge is 0.508 e. The van der Waals surface area contributed by atoms with Crippen LogP contribution in [0.25, 0.3) is 0 Å². The topological polar surface area (TPSA) is 20.2 Å². The van der Waals surface area contributed by atoms with Gasteiger partial charge in [-0.1, -0.05) is 44.0 Å². The van der Waals surface area contributed by atoms with Crippen LogP contribution in [0.1, 0.15) is 24.0 Å². The zero-order valence-corrected chi connectivity index (χ0v) is 11.3. The van der Waals surface area contributed by atoms with Crippen molar-refractivity contribution in [3.05, 3.63) is 29.3 Å². The first-order valence-electron chi connectivity index (χ1n) is 4.67. The van der Waals surface area contributed by atoms with Gasteiger partial charge in [0.05, 0.1) is 3.74 Å². The van der Waals surface area contributed by atoms with Crippen molar-refractivity contribution < 1.29 is 5.11 Å². The molecule has 0 aliphatic heterocycles. The Bertz CT molecular complexity index is 277. The molecule has 0 radical (unpaired) electrons. The van der Waals surface area contributed by atoms with Gasteiger partial charge >= 0.3 is 0 Å². The minimum atomic E-state index is 0.376. The normalized spacial score (nSPS) is 10.9. The summed E-state index contributed by atoms with van der Waals surface area (Å²) in [4.78, 5) is 0. The molecule has 0 heterocycles. The molecule has 78 valence electrons. The number of halogens is 2. The molecule has 0 amide bonds. The summed E-state index contributed by atoms with van der Waals surface area (Å²) >= 11 is 6.88. The minimum Gasteiger partial charge on any atom is -0.508 e. The van der Waals surface area contributed by atoms with Gasteiger partial charge in [-0.25, -0.2) is 0 Å². The first-order chi connectivity index (χ1) is 6.61. The fraction of sp³-hybridized carbons (Fsp3) is 0.455. The van der Waals surface area contributed by atoms with Crippen molar-refractivity contribution in [1.82, 2.24) is 0 Å². The molecule has 0 aliphatic carbocycles. The van der Waals surface area contributed by atoms with Gasteiger partial charge in [0.15, 0.2) is 0 Å². The maximum absolute atomic E-state index is 9.63. The molecule has 0 unspecified atom stereocenters. The number of alkyl halides is 2. The lowest BCUT2D eigenvalue weighted by Gasteiger charge is -2.08. The summed E-state index contributed by atoms with van der Waals surface area (Å²) in [6.45, 7) is 2.04. The monoisotopic (exact) mass is 320 g/mol. The van der Waals surface area contributed by atoms with E-state index in [0.717, 1.165) is 24.8 Å². The predicted octanol–water partition coefficient (Wildman–Crippen LogP) is 4.14. The van der Waals surface area contributed by atoms with E-state index in [0.29, 0.717) is 9.49 Å². The lowest BCUT2D eigenvalue weighted by Crippen LogP contribution is -1.93. The van der Waals surface area contributed by atoms with Crippen LogP contribution in [0, 0.1) is 6.92 Å². The van der Waals surface area contributed by atoms with Gasteiger partial charge in [-0.2, -0.15) is 0 Å². The Morgan fingerprint density at radius 1 is 1.36 bits per heavy atom. The molecular formula is C11H14Br2O. The van der Waals surface area contributed by atoms with Crippen LogP contribution in [0.4, 0.5) is 0 Å². The summed E-state index contributed by atoms with van der Waals surface area (Å²) in [6.07, 6.45) is 3.07. The molecule has 0 saturated carbocycles. The lowest BCUT2D eigenvalue weighted by molar-refractivity contribution is 0.466. The Hall–Kier alpha value is -0.0200. The first kappa shape index (κ1) is 12.1. The van der Waals surface area contributed by atoms with Gasteiger partial charge in [-0.05, 0) is 43.4 Å². The van der Waals surface area contributed by atoms with Gasteiger partial charge in [0.25, 0.3) is 0 Å². The van der Waals surface area contributed by atoms with Crippen molar-refractivity contribution in [2.45, 2.75) is 29.9 Å². The molecule has 0 aromatic heterocycles. The maximum atomic E-state index is 9.63. The van der Waals surface area contributed by atoms with Crippen LogP contribution in [0.2, 0.25) is 0 Å². The molecule has 0 atom stereocenters. The molecule has 1 nitrogen and oxygen atoms in total. The van der Waals surface area contributed by atoms with Gasteiger partial charge in [-0.3, -0.25) is 0 Å². The van der Waals surface area contributed by atoms with Crippen LogP contribution in [0.15, 0.2) is 18.2 Å². The van der Waals surface area contributed by atoms with Crippen molar-refractivity contribution in [3.63, 3.8) is 0 Å². The molecule has 0 spiro atoms. The van der Waals surface area contributed by atoms with E-state index in [1.54, 1.807) is 6.07 Å². The highest BCUT2D eigenvalue weighted by Crippen LogP contribution is 2.24. The van der Waals surface area contributed by atoms with Crippen LogP contribution < -0.4 is 0 Å². The highest BCUT2D eigenvalue weighted by molar-refractivity contribution is 9.24. The number of phenols is 1. The van der Waals surface area contributed by atoms with Gasteiger partial charge in [0, 0.05) is 0 Å². The molecular weight excluding hydrogens is 308 g/mol. The van der Waals surface area contributed by atoms with Crippen molar-refractivity contribution in [2.24, 2.45) is 0 Å². The number of hydrogen-bond acceptors (Lipinski definition) is 1. The second-order valence-electron chi connectivity index (χ2n) is 3.36. The number of hydrogen-bond donors (Lipinski definition) is 1. The average molecular weight is 322 g/mol. The van der Waals surface area contributed by atoms with E-state index in [1.165, 1.54) is 5.56 Å². The van der Waals surface area contributed by atoms with E-state index in [-0.39, 0.29) is 0 Å². The fourth-order valence-electron chi connectivity index (χ4n) is 1.45. The fourth-order valence-corrected chi connectivity index (χ4v) is 2.09. The summed E-state index contributed by atoms with van der Waals surface area (Å²) in [5.41, 5.74) is 2.25. The Morgan fingerprint density at radius 2 is 2.07 bits per heavy atom. The lowest BCUT2D eigenvalue weighted by atomic mass is 10.0. The number of aryl methyl sites for hydroxylation is 1. The van der Waals surface area contributed by atoms with Gasteiger partial charge in [-0.15, -0.1) is 0 Å².